The highest BCUT2D eigenvalue weighted by Gasteiger charge is 2.29. The number of aliphatic hydroxyl groups is 1. The van der Waals surface area contributed by atoms with Gasteiger partial charge in [-0.2, -0.15) is 8.42 Å². The van der Waals surface area contributed by atoms with E-state index in [1.807, 2.05) is 0 Å². The summed E-state index contributed by atoms with van der Waals surface area (Å²) in [6.07, 6.45) is -1.95. The zero-order chi connectivity index (χ0) is 11.4. The van der Waals surface area contributed by atoms with Crippen LogP contribution in [0.2, 0.25) is 0 Å². The maximum absolute atomic E-state index is 11.1. The highest BCUT2D eigenvalue weighted by Crippen LogP contribution is 2.05. The second-order valence-corrected chi connectivity index (χ2v) is 4.31. The number of esters is 1. The molecule has 7 heteroatoms. The standard InChI is InChI=1S/C7H14O6S/c1-4-12-7(9)6(5(2)8)13-14(3,10)11/h5-6,8H,4H2,1-3H3. The maximum Gasteiger partial charge on any atom is 0.339 e. The Morgan fingerprint density at radius 3 is 2.29 bits per heavy atom. The monoisotopic (exact) mass is 226 g/mol. The van der Waals surface area contributed by atoms with Crippen LogP contribution in [0, 0.1) is 0 Å². The molecule has 0 saturated carbocycles. The Kier molecular flexibility index (Phi) is 5.03. The Morgan fingerprint density at radius 1 is 1.50 bits per heavy atom. The van der Waals surface area contributed by atoms with Crippen LogP contribution in [-0.2, 0) is 23.8 Å². The van der Waals surface area contributed by atoms with Crippen LogP contribution in [0.5, 0.6) is 0 Å². The minimum Gasteiger partial charge on any atom is -0.464 e. The zero-order valence-corrected chi connectivity index (χ0v) is 9.08. The summed E-state index contributed by atoms with van der Waals surface area (Å²) >= 11 is 0. The topological polar surface area (TPSA) is 89.9 Å². The number of carbonyl (C=O) groups excluding carboxylic acids is 1. The second-order valence-electron chi connectivity index (χ2n) is 2.71. The fourth-order valence-corrected chi connectivity index (χ4v) is 1.35. The molecule has 0 saturated heterocycles. The molecule has 0 fully saturated rings. The van der Waals surface area contributed by atoms with Crippen LogP contribution in [0.25, 0.3) is 0 Å². The van der Waals surface area contributed by atoms with Crippen molar-refractivity contribution in [1.29, 1.82) is 0 Å². The summed E-state index contributed by atoms with van der Waals surface area (Å²) in [4.78, 5) is 11.1. The Labute approximate surface area is 82.9 Å². The van der Waals surface area contributed by atoms with E-state index in [1.54, 1.807) is 6.92 Å². The molecule has 1 N–H and O–H groups in total. The van der Waals surface area contributed by atoms with E-state index >= 15 is 0 Å². The Morgan fingerprint density at radius 2 is 2.00 bits per heavy atom. The first kappa shape index (κ1) is 13.3. The number of hydrogen-bond donors (Lipinski definition) is 1. The first-order chi connectivity index (χ1) is 6.28. The summed E-state index contributed by atoms with van der Waals surface area (Å²) in [6, 6.07) is 0. The molecule has 2 unspecified atom stereocenters. The quantitative estimate of drug-likeness (QED) is 0.491. The molecule has 0 aromatic rings. The van der Waals surface area contributed by atoms with Gasteiger partial charge in [0.25, 0.3) is 10.1 Å². The third-order valence-corrected chi connectivity index (χ3v) is 1.79. The molecular weight excluding hydrogens is 212 g/mol. The lowest BCUT2D eigenvalue weighted by Crippen LogP contribution is -2.37. The number of carbonyl (C=O) groups is 1. The van der Waals surface area contributed by atoms with Gasteiger partial charge in [0.15, 0.2) is 6.10 Å². The summed E-state index contributed by atoms with van der Waals surface area (Å²) in [5.74, 6) is -0.895. The van der Waals surface area contributed by atoms with Gasteiger partial charge in [0.1, 0.15) is 0 Å². The van der Waals surface area contributed by atoms with Gasteiger partial charge in [-0.3, -0.25) is 4.18 Å². The molecular formula is C7H14O6S. The molecule has 14 heavy (non-hydrogen) atoms. The maximum atomic E-state index is 11.1. The van der Waals surface area contributed by atoms with Crippen LogP contribution >= 0.6 is 0 Å². The molecule has 0 aliphatic heterocycles. The highest BCUT2D eigenvalue weighted by atomic mass is 32.2. The van der Waals surface area contributed by atoms with Crippen molar-refractivity contribution in [3.05, 3.63) is 0 Å². The van der Waals surface area contributed by atoms with Crippen LogP contribution in [0.4, 0.5) is 0 Å². The van der Waals surface area contributed by atoms with E-state index in [0.29, 0.717) is 0 Å². The van der Waals surface area contributed by atoms with Crippen LogP contribution in [0.1, 0.15) is 13.8 Å². The van der Waals surface area contributed by atoms with Crippen molar-refractivity contribution in [2.24, 2.45) is 0 Å². The van der Waals surface area contributed by atoms with Crippen molar-refractivity contribution in [1.82, 2.24) is 0 Å². The Balaban J connectivity index is 4.53. The van der Waals surface area contributed by atoms with Crippen molar-refractivity contribution in [3.8, 4) is 0 Å². The van der Waals surface area contributed by atoms with Crippen molar-refractivity contribution in [2.45, 2.75) is 26.1 Å². The van der Waals surface area contributed by atoms with Crippen molar-refractivity contribution in [2.75, 3.05) is 12.9 Å². The molecule has 2 atom stereocenters. The van der Waals surface area contributed by atoms with Gasteiger partial charge in [0, 0.05) is 0 Å². The van der Waals surface area contributed by atoms with E-state index in [1.165, 1.54) is 6.92 Å². The highest BCUT2D eigenvalue weighted by molar-refractivity contribution is 7.86. The van der Waals surface area contributed by atoms with Crippen LogP contribution in [0.3, 0.4) is 0 Å². The molecule has 0 rings (SSSR count). The lowest BCUT2D eigenvalue weighted by Gasteiger charge is -2.16. The number of aliphatic hydroxyl groups excluding tert-OH is 1. The fraction of sp³-hybridized carbons (Fsp3) is 0.857. The van der Waals surface area contributed by atoms with Gasteiger partial charge in [-0.15, -0.1) is 0 Å². The number of hydrogen-bond acceptors (Lipinski definition) is 6. The number of ether oxygens (including phenoxy) is 1. The SMILES string of the molecule is CCOC(=O)C(OS(C)(=O)=O)C(C)O. The van der Waals surface area contributed by atoms with Crippen molar-refractivity contribution in [3.63, 3.8) is 0 Å². The molecule has 0 aromatic carbocycles. The Bertz CT molecular complexity index is 281. The molecule has 0 spiro atoms. The molecule has 0 aliphatic rings. The van der Waals surface area contributed by atoms with E-state index in [0.717, 1.165) is 6.26 Å². The van der Waals surface area contributed by atoms with E-state index in [2.05, 4.69) is 8.92 Å². The van der Waals surface area contributed by atoms with Gasteiger partial charge in [0.2, 0.25) is 0 Å². The summed E-state index contributed by atoms with van der Waals surface area (Å²) < 4.78 is 30.3. The first-order valence-corrected chi connectivity index (χ1v) is 5.82. The molecule has 0 heterocycles. The molecule has 0 bridgehead atoms. The molecule has 84 valence electrons. The Hall–Kier alpha value is -0.660. The van der Waals surface area contributed by atoms with E-state index < -0.39 is 28.3 Å². The molecule has 0 aromatic heterocycles. The second kappa shape index (κ2) is 5.28. The lowest BCUT2D eigenvalue weighted by atomic mass is 10.2. The average Bonchev–Trinajstić information content (AvgIpc) is 1.98. The van der Waals surface area contributed by atoms with Crippen LogP contribution in [-0.4, -0.2) is 44.6 Å². The van der Waals surface area contributed by atoms with E-state index in [-0.39, 0.29) is 6.61 Å². The van der Waals surface area contributed by atoms with Gasteiger partial charge in [0.05, 0.1) is 19.0 Å². The first-order valence-electron chi connectivity index (χ1n) is 4.01. The van der Waals surface area contributed by atoms with E-state index in [9.17, 15) is 13.2 Å². The predicted octanol–water partition coefficient (Wildman–Crippen LogP) is -0.725. The summed E-state index contributed by atoms with van der Waals surface area (Å²) in [7, 11) is -3.79. The number of rotatable bonds is 5. The van der Waals surface area contributed by atoms with Crippen LogP contribution in [0.15, 0.2) is 0 Å². The van der Waals surface area contributed by atoms with Crippen LogP contribution < -0.4 is 0 Å². The van der Waals surface area contributed by atoms with Gasteiger partial charge in [-0.25, -0.2) is 4.79 Å². The lowest BCUT2D eigenvalue weighted by molar-refractivity contribution is -0.155. The van der Waals surface area contributed by atoms with Gasteiger partial charge < -0.3 is 9.84 Å². The molecule has 0 aliphatic carbocycles. The molecule has 0 radical (unpaired) electrons. The molecule has 6 nitrogen and oxygen atoms in total. The third-order valence-electron chi connectivity index (χ3n) is 1.24. The summed E-state index contributed by atoms with van der Waals surface area (Å²) in [5, 5.41) is 9.08. The average molecular weight is 226 g/mol. The zero-order valence-electron chi connectivity index (χ0n) is 8.26. The largest absolute Gasteiger partial charge is 0.464 e. The minimum absolute atomic E-state index is 0.0924. The van der Waals surface area contributed by atoms with Gasteiger partial charge in [-0.05, 0) is 13.8 Å². The minimum atomic E-state index is -3.79. The van der Waals surface area contributed by atoms with Crippen molar-refractivity contribution < 1.29 is 27.2 Å². The third kappa shape index (κ3) is 5.15. The van der Waals surface area contributed by atoms with Gasteiger partial charge >= 0.3 is 5.97 Å². The predicted molar refractivity (Wildman–Crippen MR) is 48.0 cm³/mol. The van der Waals surface area contributed by atoms with Gasteiger partial charge in [-0.1, -0.05) is 0 Å². The van der Waals surface area contributed by atoms with Crippen molar-refractivity contribution >= 4 is 16.1 Å². The summed E-state index contributed by atoms with van der Waals surface area (Å²) in [5.41, 5.74) is 0. The normalized spacial score (nSPS) is 16.0. The summed E-state index contributed by atoms with van der Waals surface area (Å²) in [6.45, 7) is 2.90. The van der Waals surface area contributed by atoms with E-state index in [4.69, 9.17) is 5.11 Å². The smallest absolute Gasteiger partial charge is 0.339 e. The molecule has 0 amide bonds. The fourth-order valence-electron chi connectivity index (χ4n) is 0.729.